The van der Waals surface area contributed by atoms with Crippen LogP contribution < -0.4 is 15.4 Å². The van der Waals surface area contributed by atoms with E-state index in [1.54, 1.807) is 12.4 Å². The highest BCUT2D eigenvalue weighted by Crippen LogP contribution is 2.38. The minimum absolute atomic E-state index is 0.217. The summed E-state index contributed by atoms with van der Waals surface area (Å²) in [5, 5.41) is 18.3. The average molecular weight is 465 g/mol. The Hall–Kier alpha value is -4.02. The summed E-state index contributed by atoms with van der Waals surface area (Å²) in [6.07, 6.45) is 5.71. The van der Waals surface area contributed by atoms with Crippen LogP contribution in [0.5, 0.6) is 11.6 Å². The fourth-order valence-corrected chi connectivity index (χ4v) is 4.55. The molecule has 1 aliphatic heterocycles. The van der Waals surface area contributed by atoms with E-state index in [2.05, 4.69) is 32.7 Å². The molecular formula is C28H28N6O. The van der Waals surface area contributed by atoms with Crippen molar-refractivity contribution < 1.29 is 4.74 Å². The molecule has 0 spiro atoms. The summed E-state index contributed by atoms with van der Waals surface area (Å²) in [5.41, 5.74) is 3.51. The van der Waals surface area contributed by atoms with Gasteiger partial charge in [-0.05, 0) is 67.9 Å². The number of anilines is 1. The third-order valence-electron chi connectivity index (χ3n) is 6.43. The van der Waals surface area contributed by atoms with E-state index in [0.29, 0.717) is 17.9 Å². The lowest BCUT2D eigenvalue weighted by molar-refractivity contribution is 0.466. The van der Waals surface area contributed by atoms with Gasteiger partial charge in [0.05, 0.1) is 23.2 Å². The predicted octanol–water partition coefficient (Wildman–Crippen LogP) is 5.58. The van der Waals surface area contributed by atoms with E-state index in [9.17, 15) is 5.26 Å². The summed E-state index contributed by atoms with van der Waals surface area (Å²) in [6.45, 7) is 5.89. The Balaban J connectivity index is 1.51. The van der Waals surface area contributed by atoms with Gasteiger partial charge >= 0.3 is 0 Å². The molecular weight excluding hydrogens is 436 g/mol. The zero-order valence-corrected chi connectivity index (χ0v) is 20.0. The first-order valence-corrected chi connectivity index (χ1v) is 12.0. The van der Waals surface area contributed by atoms with Crippen LogP contribution >= 0.6 is 0 Å². The number of piperidine rings is 1. The first-order valence-electron chi connectivity index (χ1n) is 12.0. The maximum atomic E-state index is 9.48. The van der Waals surface area contributed by atoms with Crippen LogP contribution in [-0.2, 0) is 0 Å². The fraction of sp³-hybridized carbons (Fsp3) is 0.286. The van der Waals surface area contributed by atoms with Gasteiger partial charge in [0.15, 0.2) is 0 Å². The van der Waals surface area contributed by atoms with Gasteiger partial charge in [-0.3, -0.25) is 0 Å². The Bertz CT molecular complexity index is 1390. The summed E-state index contributed by atoms with van der Waals surface area (Å²) < 4.78 is 6.48. The smallest absolute Gasteiger partial charge is 0.228 e. The number of fused-ring (bicyclic) bond motifs is 1. The maximum Gasteiger partial charge on any atom is 0.228 e. The second kappa shape index (κ2) is 10.1. The zero-order chi connectivity index (χ0) is 24.2. The van der Waals surface area contributed by atoms with Crippen molar-refractivity contribution in [2.24, 2.45) is 0 Å². The second-order valence-corrected chi connectivity index (χ2v) is 8.92. The lowest BCUT2D eigenvalue weighted by atomic mass is 9.94. The molecule has 2 unspecified atom stereocenters. The molecule has 35 heavy (non-hydrogen) atoms. The van der Waals surface area contributed by atoms with Crippen LogP contribution in [0.15, 0.2) is 60.9 Å². The quantitative estimate of drug-likeness (QED) is 0.384. The molecule has 5 rings (SSSR count). The number of nitriles is 1. The number of rotatable bonds is 6. The molecule has 2 atom stereocenters. The van der Waals surface area contributed by atoms with Crippen molar-refractivity contribution in [3.8, 4) is 29.0 Å². The molecule has 2 aromatic heterocycles. The number of benzene rings is 2. The lowest BCUT2D eigenvalue weighted by Gasteiger charge is -2.23. The lowest BCUT2D eigenvalue weighted by Crippen LogP contribution is -2.38. The molecule has 7 nitrogen and oxygen atoms in total. The van der Waals surface area contributed by atoms with Crippen LogP contribution in [0, 0.1) is 18.3 Å². The third kappa shape index (κ3) is 4.79. The first-order chi connectivity index (χ1) is 17.1. The van der Waals surface area contributed by atoms with Gasteiger partial charge in [0.1, 0.15) is 5.75 Å². The number of hydrogen-bond donors (Lipinski definition) is 2. The topological polar surface area (TPSA) is 95.8 Å². The third-order valence-corrected chi connectivity index (χ3v) is 6.43. The highest BCUT2D eigenvalue weighted by atomic mass is 16.5. The Morgan fingerprint density at radius 3 is 2.83 bits per heavy atom. The van der Waals surface area contributed by atoms with Crippen molar-refractivity contribution in [2.45, 2.75) is 38.6 Å². The Morgan fingerprint density at radius 2 is 2.00 bits per heavy atom. The summed E-state index contributed by atoms with van der Waals surface area (Å²) in [6, 6.07) is 18.4. The van der Waals surface area contributed by atoms with E-state index in [1.807, 2.05) is 56.3 Å². The maximum absolute atomic E-state index is 9.48. The Labute approximate surface area is 205 Å². The van der Waals surface area contributed by atoms with Gasteiger partial charge < -0.3 is 15.4 Å². The number of ether oxygens (including phenoxy) is 1. The molecule has 1 aliphatic rings. The van der Waals surface area contributed by atoms with Crippen molar-refractivity contribution in [2.75, 3.05) is 18.4 Å². The highest BCUT2D eigenvalue weighted by Gasteiger charge is 2.18. The fourth-order valence-electron chi connectivity index (χ4n) is 4.55. The molecule has 4 aromatic rings. The monoisotopic (exact) mass is 464 g/mol. The normalized spacial score (nSPS) is 16.4. The number of aryl methyl sites for hydroxylation is 1. The summed E-state index contributed by atoms with van der Waals surface area (Å²) in [5.74, 6) is 1.59. The van der Waals surface area contributed by atoms with E-state index in [-0.39, 0.29) is 5.92 Å². The molecule has 0 saturated carbocycles. The van der Waals surface area contributed by atoms with E-state index in [0.717, 1.165) is 64.8 Å². The number of hydrogen-bond acceptors (Lipinski definition) is 7. The highest BCUT2D eigenvalue weighted by molar-refractivity contribution is 5.93. The zero-order valence-electron chi connectivity index (χ0n) is 20.0. The Morgan fingerprint density at radius 1 is 1.09 bits per heavy atom. The minimum atomic E-state index is -0.217. The van der Waals surface area contributed by atoms with Crippen LogP contribution in [-0.4, -0.2) is 34.1 Å². The number of aromatic nitrogens is 3. The van der Waals surface area contributed by atoms with Crippen LogP contribution in [0.3, 0.4) is 0 Å². The average Bonchev–Trinajstić information content (AvgIpc) is 2.90. The van der Waals surface area contributed by atoms with E-state index in [1.165, 1.54) is 0 Å². The molecule has 0 amide bonds. The van der Waals surface area contributed by atoms with E-state index in [4.69, 9.17) is 9.72 Å². The van der Waals surface area contributed by atoms with Gasteiger partial charge in [0, 0.05) is 30.4 Å². The molecule has 0 bridgehead atoms. The predicted molar refractivity (Wildman–Crippen MR) is 138 cm³/mol. The van der Waals surface area contributed by atoms with Crippen molar-refractivity contribution >= 4 is 16.7 Å². The molecule has 176 valence electrons. The number of nitrogens with one attached hydrogen (secondary N) is 2. The molecule has 1 saturated heterocycles. The van der Waals surface area contributed by atoms with E-state index < -0.39 is 0 Å². The molecule has 0 aliphatic carbocycles. The summed E-state index contributed by atoms with van der Waals surface area (Å²) in [4.78, 5) is 13.7. The van der Waals surface area contributed by atoms with Crippen LogP contribution in [0.2, 0.25) is 0 Å². The van der Waals surface area contributed by atoms with Gasteiger partial charge in [-0.15, -0.1) is 0 Å². The van der Waals surface area contributed by atoms with Gasteiger partial charge in [-0.1, -0.05) is 30.3 Å². The SMILES string of the molecule is Cc1ccc2c(C(C)C#N)cccc2c1Oc1ncccc1-c1ccnc(NC2CCCNC2)n1. The molecule has 1 fully saturated rings. The van der Waals surface area contributed by atoms with Gasteiger partial charge in [0.2, 0.25) is 11.8 Å². The van der Waals surface area contributed by atoms with Gasteiger partial charge in [0.25, 0.3) is 0 Å². The molecule has 2 N–H and O–H groups in total. The largest absolute Gasteiger partial charge is 0.437 e. The van der Waals surface area contributed by atoms with Crippen molar-refractivity contribution in [3.63, 3.8) is 0 Å². The molecule has 3 heterocycles. The molecule has 2 aromatic carbocycles. The Kier molecular flexibility index (Phi) is 6.55. The minimum Gasteiger partial charge on any atom is -0.437 e. The summed E-state index contributed by atoms with van der Waals surface area (Å²) >= 11 is 0. The van der Waals surface area contributed by atoms with Gasteiger partial charge in [-0.2, -0.15) is 5.26 Å². The standard InChI is InChI=1S/C28H28N6O/c1-18-10-11-22-21(19(2)16-29)7-3-8-23(22)26(18)35-27-24(9-5-14-31-27)25-12-15-32-28(34-25)33-20-6-4-13-30-17-20/h3,5,7-12,14-15,19-20,30H,4,6,13,17H2,1-2H3,(H,32,33,34). The van der Waals surface area contributed by atoms with Crippen molar-refractivity contribution in [3.05, 3.63) is 72.1 Å². The van der Waals surface area contributed by atoms with Crippen LogP contribution in [0.1, 0.15) is 36.8 Å². The van der Waals surface area contributed by atoms with Crippen LogP contribution in [0.4, 0.5) is 5.95 Å². The molecule has 0 radical (unpaired) electrons. The van der Waals surface area contributed by atoms with Crippen LogP contribution in [0.25, 0.3) is 22.0 Å². The molecule has 7 heteroatoms. The van der Waals surface area contributed by atoms with E-state index >= 15 is 0 Å². The summed E-state index contributed by atoms with van der Waals surface area (Å²) in [7, 11) is 0. The van der Waals surface area contributed by atoms with Crippen molar-refractivity contribution in [1.82, 2.24) is 20.3 Å². The second-order valence-electron chi connectivity index (χ2n) is 8.92. The van der Waals surface area contributed by atoms with Crippen molar-refractivity contribution in [1.29, 1.82) is 5.26 Å². The number of pyridine rings is 1. The first kappa shape index (κ1) is 22.8. The van der Waals surface area contributed by atoms with Gasteiger partial charge in [-0.25, -0.2) is 15.0 Å². The number of nitrogens with zero attached hydrogens (tertiary/aromatic N) is 4.